The van der Waals surface area contributed by atoms with Crippen molar-refractivity contribution in [3.05, 3.63) is 34.3 Å². The minimum atomic E-state index is -1.65. The molecule has 4 heteroatoms. The van der Waals surface area contributed by atoms with Crippen LogP contribution in [0.25, 0.3) is 0 Å². The highest BCUT2D eigenvalue weighted by Crippen LogP contribution is 2.22. The predicted octanol–water partition coefficient (Wildman–Crippen LogP) is 4.95. The van der Waals surface area contributed by atoms with E-state index in [9.17, 15) is 0 Å². The Balaban J connectivity index is 2.61. The van der Waals surface area contributed by atoms with Crippen molar-refractivity contribution in [2.45, 2.75) is 52.0 Å². The van der Waals surface area contributed by atoms with Gasteiger partial charge in [-0.05, 0) is 30.5 Å². The maximum Gasteiger partial charge on any atom is 0.328 e. The number of unbranched alkanes of at least 4 members (excludes halogenated alkanes) is 2. The molecule has 0 aliphatic rings. The van der Waals surface area contributed by atoms with Crippen molar-refractivity contribution in [1.29, 1.82) is 0 Å². The standard InChI is InChI=1S/C16H27BrO2Si/c1-4-6-12-18-20(19-13-7-5-2)14(3)15-8-10-16(17)11-9-15/h8-11,14,20H,4-7,12-13H2,1-3H3. The lowest BCUT2D eigenvalue weighted by molar-refractivity contribution is 0.185. The summed E-state index contributed by atoms with van der Waals surface area (Å²) in [4.78, 5) is 0. The summed E-state index contributed by atoms with van der Waals surface area (Å²) < 4.78 is 13.3. The fraction of sp³-hybridized carbons (Fsp3) is 0.625. The zero-order valence-corrected chi connectivity index (χ0v) is 15.6. The Morgan fingerprint density at radius 2 is 1.50 bits per heavy atom. The normalized spacial score (nSPS) is 12.8. The lowest BCUT2D eigenvalue weighted by Gasteiger charge is -2.23. The molecule has 0 spiro atoms. The van der Waals surface area contributed by atoms with Gasteiger partial charge < -0.3 is 8.85 Å². The first-order valence-electron chi connectivity index (χ1n) is 7.67. The lowest BCUT2D eigenvalue weighted by atomic mass is 10.2. The van der Waals surface area contributed by atoms with Crippen LogP contribution in [-0.4, -0.2) is 22.5 Å². The van der Waals surface area contributed by atoms with Gasteiger partial charge in [0.25, 0.3) is 0 Å². The zero-order chi connectivity index (χ0) is 14.8. The Morgan fingerprint density at radius 1 is 1.00 bits per heavy atom. The van der Waals surface area contributed by atoms with Gasteiger partial charge in [-0.25, -0.2) is 0 Å². The second-order valence-corrected chi connectivity index (χ2v) is 8.48. The Kier molecular flexibility index (Phi) is 9.43. The summed E-state index contributed by atoms with van der Waals surface area (Å²) >= 11 is 3.48. The second kappa shape index (κ2) is 10.5. The third-order valence-electron chi connectivity index (χ3n) is 3.36. The minimum Gasteiger partial charge on any atom is -0.396 e. The van der Waals surface area contributed by atoms with Gasteiger partial charge in [0.05, 0.1) is 0 Å². The van der Waals surface area contributed by atoms with Gasteiger partial charge in [0, 0.05) is 23.2 Å². The quantitative estimate of drug-likeness (QED) is 0.435. The second-order valence-electron chi connectivity index (χ2n) is 5.16. The molecular formula is C16H27BrO2Si. The van der Waals surface area contributed by atoms with Crippen LogP contribution in [0, 0.1) is 0 Å². The number of rotatable bonds is 10. The van der Waals surface area contributed by atoms with E-state index in [-0.39, 0.29) is 0 Å². The average molecular weight is 359 g/mol. The number of benzene rings is 1. The van der Waals surface area contributed by atoms with E-state index in [1.807, 2.05) is 0 Å². The fourth-order valence-corrected chi connectivity index (χ4v) is 4.22. The van der Waals surface area contributed by atoms with Gasteiger partial charge in [0.15, 0.2) is 0 Å². The summed E-state index contributed by atoms with van der Waals surface area (Å²) in [6.45, 7) is 8.28. The highest BCUT2D eigenvalue weighted by molar-refractivity contribution is 9.10. The number of halogens is 1. The molecule has 114 valence electrons. The molecule has 1 rings (SSSR count). The monoisotopic (exact) mass is 358 g/mol. The molecule has 0 aliphatic heterocycles. The molecule has 0 saturated heterocycles. The van der Waals surface area contributed by atoms with Gasteiger partial charge in [0.1, 0.15) is 0 Å². The molecule has 1 atom stereocenters. The molecule has 0 amide bonds. The molecule has 0 radical (unpaired) electrons. The molecule has 1 unspecified atom stereocenters. The largest absolute Gasteiger partial charge is 0.396 e. The van der Waals surface area contributed by atoms with Gasteiger partial charge >= 0.3 is 9.28 Å². The first-order valence-corrected chi connectivity index (χ1v) is 10.1. The maximum atomic E-state index is 6.08. The zero-order valence-electron chi connectivity index (χ0n) is 12.9. The van der Waals surface area contributed by atoms with E-state index in [1.54, 1.807) is 0 Å². The van der Waals surface area contributed by atoms with Crippen LogP contribution in [0.1, 0.15) is 57.6 Å². The fourth-order valence-electron chi connectivity index (χ4n) is 1.95. The van der Waals surface area contributed by atoms with Crippen LogP contribution in [-0.2, 0) is 8.85 Å². The van der Waals surface area contributed by atoms with Gasteiger partial charge in [0.2, 0.25) is 0 Å². The molecule has 0 heterocycles. The van der Waals surface area contributed by atoms with Crippen molar-refractivity contribution in [3.63, 3.8) is 0 Å². The molecule has 0 aliphatic carbocycles. The van der Waals surface area contributed by atoms with E-state index < -0.39 is 9.28 Å². The predicted molar refractivity (Wildman–Crippen MR) is 91.4 cm³/mol. The third-order valence-corrected chi connectivity index (χ3v) is 6.22. The van der Waals surface area contributed by atoms with E-state index in [0.717, 1.165) is 30.5 Å². The molecule has 1 aromatic rings. The van der Waals surface area contributed by atoms with E-state index in [4.69, 9.17) is 8.85 Å². The molecule has 20 heavy (non-hydrogen) atoms. The summed E-state index contributed by atoms with van der Waals surface area (Å²) in [5.41, 5.74) is 1.70. The van der Waals surface area contributed by atoms with Crippen LogP contribution < -0.4 is 0 Å². The Morgan fingerprint density at radius 3 is 1.95 bits per heavy atom. The van der Waals surface area contributed by atoms with Crippen LogP contribution in [0.5, 0.6) is 0 Å². The van der Waals surface area contributed by atoms with Gasteiger partial charge in [-0.1, -0.05) is 61.7 Å². The molecule has 0 aromatic heterocycles. The van der Waals surface area contributed by atoms with Crippen LogP contribution in [0.3, 0.4) is 0 Å². The van der Waals surface area contributed by atoms with Crippen molar-refractivity contribution in [3.8, 4) is 0 Å². The highest BCUT2D eigenvalue weighted by Gasteiger charge is 2.23. The molecule has 1 aromatic carbocycles. The summed E-state index contributed by atoms with van der Waals surface area (Å²) in [6.07, 6.45) is 4.58. The highest BCUT2D eigenvalue weighted by atomic mass is 79.9. The minimum absolute atomic E-state index is 0.386. The van der Waals surface area contributed by atoms with Crippen molar-refractivity contribution in [2.75, 3.05) is 13.2 Å². The van der Waals surface area contributed by atoms with Crippen molar-refractivity contribution in [1.82, 2.24) is 0 Å². The van der Waals surface area contributed by atoms with E-state index in [2.05, 4.69) is 61.0 Å². The summed E-state index contributed by atoms with van der Waals surface area (Å²) in [6, 6.07) is 8.52. The smallest absolute Gasteiger partial charge is 0.328 e. The number of hydrogen-bond donors (Lipinski definition) is 0. The summed E-state index contributed by atoms with van der Waals surface area (Å²) in [5.74, 6) is 0. The molecule has 0 saturated carbocycles. The molecular weight excluding hydrogens is 332 g/mol. The van der Waals surface area contributed by atoms with Crippen molar-refractivity contribution in [2.24, 2.45) is 0 Å². The molecule has 0 fully saturated rings. The Labute approximate surface area is 133 Å². The molecule has 2 nitrogen and oxygen atoms in total. The summed E-state index contributed by atoms with van der Waals surface area (Å²) in [5, 5.41) is 0. The third kappa shape index (κ3) is 6.53. The summed E-state index contributed by atoms with van der Waals surface area (Å²) in [7, 11) is -1.65. The average Bonchev–Trinajstić information content (AvgIpc) is 2.46. The van der Waals surface area contributed by atoms with E-state index in [0.29, 0.717) is 5.54 Å². The van der Waals surface area contributed by atoms with E-state index in [1.165, 1.54) is 18.4 Å². The lowest BCUT2D eigenvalue weighted by Crippen LogP contribution is -2.30. The number of hydrogen-bond acceptors (Lipinski definition) is 2. The first kappa shape index (κ1) is 17.9. The SMILES string of the molecule is CCCCO[SiH](OCCCC)C(C)c1ccc(Br)cc1. The molecule has 0 N–H and O–H groups in total. The Bertz CT molecular complexity index is 346. The van der Waals surface area contributed by atoms with Crippen molar-refractivity contribution < 1.29 is 8.85 Å². The van der Waals surface area contributed by atoms with Crippen molar-refractivity contribution >= 4 is 25.2 Å². The molecule has 0 bridgehead atoms. The van der Waals surface area contributed by atoms with Crippen LogP contribution >= 0.6 is 15.9 Å². The van der Waals surface area contributed by atoms with Crippen LogP contribution in [0.15, 0.2) is 28.7 Å². The first-order chi connectivity index (χ1) is 9.69. The maximum absolute atomic E-state index is 6.08. The van der Waals surface area contributed by atoms with Gasteiger partial charge in [-0.3, -0.25) is 0 Å². The topological polar surface area (TPSA) is 18.5 Å². The van der Waals surface area contributed by atoms with Crippen LogP contribution in [0.4, 0.5) is 0 Å². The van der Waals surface area contributed by atoms with Gasteiger partial charge in [-0.2, -0.15) is 0 Å². The van der Waals surface area contributed by atoms with Crippen LogP contribution in [0.2, 0.25) is 0 Å². The van der Waals surface area contributed by atoms with Gasteiger partial charge in [-0.15, -0.1) is 0 Å². The Hall–Kier alpha value is -0.163. The van der Waals surface area contributed by atoms with E-state index >= 15 is 0 Å².